The van der Waals surface area contributed by atoms with E-state index >= 15 is 8.78 Å². The Kier molecular flexibility index (Phi) is 10.2. The van der Waals surface area contributed by atoms with Crippen molar-refractivity contribution in [2.24, 2.45) is 11.7 Å². The topological polar surface area (TPSA) is 105 Å². The number of carbonyl (C=O) groups is 2. The van der Waals surface area contributed by atoms with Crippen molar-refractivity contribution < 1.29 is 28.2 Å². The van der Waals surface area contributed by atoms with Crippen LogP contribution in [0.4, 0.5) is 8.78 Å². The molecule has 10 heteroatoms. The number of ether oxygens (including phenoxy) is 1. The van der Waals surface area contributed by atoms with Crippen LogP contribution in [-0.2, 0) is 15.5 Å². The third-order valence-electron chi connectivity index (χ3n) is 10.0. The third kappa shape index (κ3) is 7.47. The number of aliphatic hydroxyl groups is 1. The summed E-state index contributed by atoms with van der Waals surface area (Å²) < 4.78 is 38.9. The maximum absolute atomic E-state index is 16.5. The van der Waals surface area contributed by atoms with Gasteiger partial charge < -0.3 is 25.8 Å². The van der Waals surface area contributed by atoms with Crippen molar-refractivity contribution in [3.8, 4) is 16.9 Å². The highest BCUT2D eigenvalue weighted by molar-refractivity contribution is 6.30. The predicted molar refractivity (Wildman–Crippen MR) is 177 cm³/mol. The molecule has 2 aliphatic heterocycles. The highest BCUT2D eigenvalue weighted by atomic mass is 35.5. The fraction of sp³-hybridized carbons (Fsp3) is 0.459. The summed E-state index contributed by atoms with van der Waals surface area (Å²) >= 11 is 5.99. The number of aliphatic hydroxyl groups excluding tert-OH is 1. The number of fused-ring (bicyclic) bond motifs is 2. The van der Waals surface area contributed by atoms with Crippen molar-refractivity contribution in [2.45, 2.75) is 94.0 Å². The van der Waals surface area contributed by atoms with Crippen LogP contribution < -0.4 is 15.8 Å². The van der Waals surface area contributed by atoms with Crippen LogP contribution in [-0.4, -0.2) is 52.6 Å². The minimum absolute atomic E-state index is 0.109. The van der Waals surface area contributed by atoms with E-state index < -0.39 is 35.4 Å². The molecule has 3 aromatic carbocycles. The van der Waals surface area contributed by atoms with Gasteiger partial charge >= 0.3 is 5.92 Å². The van der Waals surface area contributed by atoms with Crippen molar-refractivity contribution in [3.05, 3.63) is 88.9 Å². The lowest BCUT2D eigenvalue weighted by Gasteiger charge is -2.41. The number of carbonyl (C=O) groups excluding carboxylic acids is 2. The summed E-state index contributed by atoms with van der Waals surface area (Å²) in [5, 5.41) is 13.8. The molecule has 3 aliphatic rings. The largest absolute Gasteiger partial charge is 0.493 e. The summed E-state index contributed by atoms with van der Waals surface area (Å²) in [6.45, 7) is 0.603. The Morgan fingerprint density at radius 2 is 1.47 bits per heavy atom. The average Bonchev–Trinajstić information content (AvgIpc) is 3.36. The molecule has 6 rings (SSSR count). The van der Waals surface area contributed by atoms with Gasteiger partial charge in [0.25, 0.3) is 11.8 Å². The third-order valence-corrected chi connectivity index (χ3v) is 10.3. The molecular weight excluding hydrogens is 624 g/mol. The van der Waals surface area contributed by atoms with Gasteiger partial charge in [-0.15, -0.1) is 0 Å². The summed E-state index contributed by atoms with van der Waals surface area (Å²) in [5.74, 6) is -4.63. The van der Waals surface area contributed by atoms with Crippen LogP contribution in [0.1, 0.15) is 75.0 Å². The Hall–Kier alpha value is -3.53. The van der Waals surface area contributed by atoms with Crippen LogP contribution in [0, 0.1) is 5.92 Å². The van der Waals surface area contributed by atoms with Crippen molar-refractivity contribution in [2.75, 3.05) is 6.61 Å². The second-order valence-electron chi connectivity index (χ2n) is 13.3. The Morgan fingerprint density at radius 3 is 2.06 bits per heavy atom. The van der Waals surface area contributed by atoms with E-state index in [2.05, 4.69) is 5.32 Å². The lowest BCUT2D eigenvalue weighted by Crippen LogP contribution is -2.61. The molecule has 0 radical (unpaired) electrons. The summed E-state index contributed by atoms with van der Waals surface area (Å²) in [4.78, 5) is 28.9. The molecule has 3 aromatic rings. The molecule has 3 fully saturated rings. The molecule has 7 nitrogen and oxygen atoms in total. The van der Waals surface area contributed by atoms with Crippen LogP contribution in [0.5, 0.6) is 5.75 Å². The number of rotatable bonds is 10. The monoisotopic (exact) mass is 665 g/mol. The minimum Gasteiger partial charge on any atom is -0.493 e. The van der Waals surface area contributed by atoms with Gasteiger partial charge in [-0.1, -0.05) is 79.4 Å². The molecule has 2 heterocycles. The number of alkyl halides is 2. The van der Waals surface area contributed by atoms with Crippen LogP contribution in [0.15, 0.2) is 72.8 Å². The molecule has 1 aliphatic carbocycles. The fourth-order valence-electron chi connectivity index (χ4n) is 7.42. The molecular formula is C37H42ClF2N3O4. The van der Waals surface area contributed by atoms with Gasteiger partial charge in [-0.3, -0.25) is 9.59 Å². The van der Waals surface area contributed by atoms with Gasteiger partial charge in [-0.2, -0.15) is 8.78 Å². The maximum atomic E-state index is 16.5. The Morgan fingerprint density at radius 1 is 0.894 bits per heavy atom. The number of nitrogens with one attached hydrogen (secondary N) is 1. The Labute approximate surface area is 279 Å². The van der Waals surface area contributed by atoms with Crippen molar-refractivity contribution >= 4 is 23.4 Å². The van der Waals surface area contributed by atoms with E-state index in [1.165, 1.54) is 48.4 Å². The average molecular weight is 666 g/mol. The van der Waals surface area contributed by atoms with Crippen molar-refractivity contribution in [3.63, 3.8) is 0 Å². The fourth-order valence-corrected chi connectivity index (χ4v) is 7.54. The summed E-state index contributed by atoms with van der Waals surface area (Å²) in [6, 6.07) is 16.1. The Balaban J connectivity index is 1.21. The van der Waals surface area contributed by atoms with Gasteiger partial charge in [0.2, 0.25) is 0 Å². The standard InChI is InChI=1S/C37H42ClF2N3O4/c38-28-14-8-25(9-15-28)24-6-12-27(13-7-24)37(39,40)34(36(46)43-30-16-17-31(43)21-29(41)20-30)42-35(45)33(44)26-10-18-32(19-11-26)47-22-23-4-2-1-3-5-23/h6-15,18-19,23,29-31,33-34,44H,1-5,16-17,20-22,41H2,(H,42,45)/t29?,30?,31?,33-,34+/m1/s1. The van der Waals surface area contributed by atoms with Crippen LogP contribution >= 0.6 is 11.6 Å². The predicted octanol–water partition coefficient (Wildman–Crippen LogP) is 6.76. The Bertz CT molecular complexity index is 1520. The molecule has 250 valence electrons. The first kappa shape index (κ1) is 33.4. The summed E-state index contributed by atoms with van der Waals surface area (Å²) in [5.41, 5.74) is 7.45. The zero-order valence-corrected chi connectivity index (χ0v) is 27.0. The van der Waals surface area contributed by atoms with Gasteiger partial charge in [-0.05, 0) is 85.4 Å². The molecule has 1 saturated carbocycles. The molecule has 2 bridgehead atoms. The summed E-state index contributed by atoms with van der Waals surface area (Å²) in [6.07, 6.45) is 6.55. The number of benzene rings is 3. The molecule has 4 atom stereocenters. The first-order valence-corrected chi connectivity index (χ1v) is 17.0. The van der Waals surface area contributed by atoms with Gasteiger partial charge in [0.1, 0.15) is 5.75 Å². The number of hydrogen-bond acceptors (Lipinski definition) is 5. The van der Waals surface area contributed by atoms with E-state index in [9.17, 15) is 14.7 Å². The number of halogens is 3. The van der Waals surface area contributed by atoms with E-state index in [0.717, 1.165) is 18.4 Å². The van der Waals surface area contributed by atoms with E-state index in [1.54, 1.807) is 48.5 Å². The maximum Gasteiger partial charge on any atom is 0.302 e. The number of hydrogen-bond donors (Lipinski definition) is 3. The van der Waals surface area contributed by atoms with E-state index in [1.807, 2.05) is 0 Å². The van der Waals surface area contributed by atoms with Crippen LogP contribution in [0.25, 0.3) is 11.1 Å². The zero-order valence-electron chi connectivity index (χ0n) is 26.3. The quantitative estimate of drug-likeness (QED) is 0.222. The SMILES string of the molecule is NC1CC2CCC(C1)N2C(=O)[C@H](NC(=O)[C@H](O)c1ccc(OCC2CCCCC2)cc1)C(F)(F)c1ccc(-c2ccc(Cl)cc2)cc1. The smallest absolute Gasteiger partial charge is 0.302 e. The number of amides is 2. The molecule has 2 saturated heterocycles. The molecule has 2 amide bonds. The normalized spacial score (nSPS) is 22.8. The van der Waals surface area contributed by atoms with Crippen molar-refractivity contribution in [1.29, 1.82) is 0 Å². The first-order valence-electron chi connectivity index (χ1n) is 16.6. The highest BCUT2D eigenvalue weighted by Crippen LogP contribution is 2.40. The lowest BCUT2D eigenvalue weighted by molar-refractivity contribution is -0.155. The molecule has 47 heavy (non-hydrogen) atoms. The van der Waals surface area contributed by atoms with Gasteiger partial charge in [0.05, 0.1) is 6.61 Å². The highest BCUT2D eigenvalue weighted by Gasteiger charge is 2.53. The van der Waals surface area contributed by atoms with Crippen LogP contribution in [0.2, 0.25) is 5.02 Å². The molecule has 0 spiro atoms. The second kappa shape index (κ2) is 14.3. The molecule has 2 unspecified atom stereocenters. The number of piperidine rings is 1. The zero-order chi connectivity index (χ0) is 33.1. The van der Waals surface area contributed by atoms with E-state index in [0.29, 0.717) is 54.5 Å². The molecule has 4 N–H and O–H groups in total. The van der Waals surface area contributed by atoms with Gasteiger partial charge in [-0.25, -0.2) is 0 Å². The van der Waals surface area contributed by atoms with E-state index in [-0.39, 0.29) is 23.7 Å². The van der Waals surface area contributed by atoms with Crippen LogP contribution in [0.3, 0.4) is 0 Å². The number of nitrogens with zero attached hydrogens (tertiary/aromatic N) is 1. The van der Waals surface area contributed by atoms with Crippen molar-refractivity contribution in [1.82, 2.24) is 10.2 Å². The van der Waals surface area contributed by atoms with Gasteiger partial charge in [0.15, 0.2) is 12.1 Å². The van der Waals surface area contributed by atoms with Gasteiger partial charge in [0, 0.05) is 28.7 Å². The number of nitrogens with two attached hydrogens (primary N) is 1. The minimum atomic E-state index is -3.79. The first-order chi connectivity index (χ1) is 22.6. The molecule has 0 aromatic heterocycles. The lowest BCUT2D eigenvalue weighted by atomic mass is 9.90. The second-order valence-corrected chi connectivity index (χ2v) is 13.7. The van der Waals surface area contributed by atoms with E-state index in [4.69, 9.17) is 22.1 Å². The summed E-state index contributed by atoms with van der Waals surface area (Å²) in [7, 11) is 0.